The first-order valence-electron chi connectivity index (χ1n) is 16.6. The lowest BCUT2D eigenvalue weighted by molar-refractivity contribution is 0.0776. The van der Waals surface area contributed by atoms with Crippen LogP contribution in [0.15, 0.2) is 63.9 Å². The highest BCUT2D eigenvalue weighted by Gasteiger charge is 2.45. The zero-order valence-electron chi connectivity index (χ0n) is 26.9. The van der Waals surface area contributed by atoms with Crippen LogP contribution in [-0.2, 0) is 19.3 Å². The molecule has 0 radical (unpaired) electrons. The van der Waals surface area contributed by atoms with Gasteiger partial charge in [-0.15, -0.1) is 16.4 Å². The molecule has 6 aromatic rings. The van der Waals surface area contributed by atoms with Crippen molar-refractivity contribution in [2.45, 2.75) is 50.6 Å². The van der Waals surface area contributed by atoms with Crippen molar-refractivity contribution in [2.75, 3.05) is 19.0 Å². The maximum Gasteiger partial charge on any atom is 0.434 e. The molecule has 1 amide bonds. The van der Waals surface area contributed by atoms with Crippen LogP contribution in [0, 0.1) is 5.82 Å². The molecule has 3 aliphatic rings. The first-order chi connectivity index (χ1) is 24.4. The van der Waals surface area contributed by atoms with Gasteiger partial charge in [-0.1, -0.05) is 29.8 Å². The normalized spacial score (nSPS) is 17.7. The number of pyridine rings is 2. The summed E-state index contributed by atoms with van der Waals surface area (Å²) in [5.74, 6) is 0.413. The number of aromatic nitrogens is 4. The number of ether oxygens (including phenoxy) is 1. The fourth-order valence-electron chi connectivity index (χ4n) is 7.83. The Morgan fingerprint density at radius 2 is 1.96 bits per heavy atom. The molecule has 1 saturated heterocycles. The van der Waals surface area contributed by atoms with Crippen LogP contribution in [-0.4, -0.2) is 44.6 Å². The van der Waals surface area contributed by atoms with E-state index < -0.39 is 5.76 Å². The van der Waals surface area contributed by atoms with Crippen molar-refractivity contribution in [3.8, 4) is 27.6 Å². The van der Waals surface area contributed by atoms with Gasteiger partial charge in [0, 0.05) is 28.7 Å². The third-order valence-corrected chi connectivity index (χ3v) is 11.5. The van der Waals surface area contributed by atoms with Crippen LogP contribution >= 0.6 is 22.9 Å². The van der Waals surface area contributed by atoms with E-state index in [0.717, 1.165) is 68.8 Å². The zero-order chi connectivity index (χ0) is 34.1. The van der Waals surface area contributed by atoms with Gasteiger partial charge in [0.1, 0.15) is 17.4 Å². The Kier molecular flexibility index (Phi) is 7.47. The van der Waals surface area contributed by atoms with E-state index in [0.29, 0.717) is 52.5 Å². The number of aryl methyl sites for hydroxylation is 2. The van der Waals surface area contributed by atoms with E-state index in [4.69, 9.17) is 30.7 Å². The standard InChI is InChI=1S/C37H30ClFN6O4S/c1-48-32-22-10-13-24(21(22)9-11-23(32)38)42-34-33-19(14-15-40-34)17-27(50-33)29-28(35-43-44-37(47)49-35)25(12-6-18-4-7-20(39)8-5-18)41-31-26-3-2-16-45(26)36(46)30(29)31/h4-5,7-9,11,14-15,17,24,26H,2-3,6,10,12-13,16H2,1H3,(H,40,42)(H,44,47)/t24-,26?/m1/s1. The van der Waals surface area contributed by atoms with Crippen LogP contribution < -0.4 is 15.8 Å². The van der Waals surface area contributed by atoms with Gasteiger partial charge in [-0.25, -0.2) is 19.3 Å². The minimum atomic E-state index is -0.704. The van der Waals surface area contributed by atoms with Crippen LogP contribution in [0.1, 0.15) is 69.8 Å². The lowest BCUT2D eigenvalue weighted by Gasteiger charge is -2.16. The molecule has 50 heavy (non-hydrogen) atoms. The van der Waals surface area contributed by atoms with Crippen LogP contribution in [0.5, 0.6) is 5.75 Å². The molecule has 2 aromatic carbocycles. The second-order valence-electron chi connectivity index (χ2n) is 12.8. The number of hydrogen-bond acceptors (Lipinski definition) is 9. The molecule has 2 atom stereocenters. The van der Waals surface area contributed by atoms with Gasteiger partial charge in [-0.2, -0.15) is 0 Å². The van der Waals surface area contributed by atoms with Gasteiger partial charge < -0.3 is 19.4 Å². The number of anilines is 1. The molecule has 10 nitrogen and oxygen atoms in total. The number of fused-ring (bicyclic) bond motifs is 5. The number of halogens is 2. The molecule has 13 heteroatoms. The zero-order valence-corrected chi connectivity index (χ0v) is 28.5. The number of H-pyrrole nitrogens is 1. The summed E-state index contributed by atoms with van der Waals surface area (Å²) in [6.07, 6.45) is 6.18. The molecule has 2 aliphatic heterocycles. The molecule has 0 saturated carbocycles. The van der Waals surface area contributed by atoms with Gasteiger partial charge in [0.25, 0.3) is 11.8 Å². The predicted molar refractivity (Wildman–Crippen MR) is 188 cm³/mol. The summed E-state index contributed by atoms with van der Waals surface area (Å²) in [6, 6.07) is 14.2. The number of hydrogen-bond donors (Lipinski definition) is 2. The van der Waals surface area contributed by atoms with Crippen molar-refractivity contribution < 1.29 is 18.3 Å². The average molecular weight is 709 g/mol. The maximum atomic E-state index is 14.2. The van der Waals surface area contributed by atoms with E-state index in [1.807, 2.05) is 23.1 Å². The summed E-state index contributed by atoms with van der Waals surface area (Å²) in [4.78, 5) is 39.1. The van der Waals surface area contributed by atoms with E-state index in [2.05, 4.69) is 21.6 Å². The number of methoxy groups -OCH3 is 1. The van der Waals surface area contributed by atoms with Crippen molar-refractivity contribution in [2.24, 2.45) is 0 Å². The molecule has 1 unspecified atom stereocenters. The fourth-order valence-corrected chi connectivity index (χ4v) is 9.25. The summed E-state index contributed by atoms with van der Waals surface area (Å²) in [5, 5.41) is 11.9. The van der Waals surface area contributed by atoms with Crippen LogP contribution in [0.25, 0.3) is 32.0 Å². The number of rotatable bonds is 8. The molecule has 9 rings (SSSR count). The Hall–Kier alpha value is -5.07. The van der Waals surface area contributed by atoms with Crippen molar-refractivity contribution >= 4 is 44.7 Å². The molecule has 252 valence electrons. The van der Waals surface area contributed by atoms with Gasteiger partial charge in [0.2, 0.25) is 0 Å². The lowest BCUT2D eigenvalue weighted by atomic mass is 9.93. The highest BCUT2D eigenvalue weighted by Crippen LogP contribution is 2.51. The van der Waals surface area contributed by atoms with E-state index >= 15 is 0 Å². The quantitative estimate of drug-likeness (QED) is 0.165. The number of thiophene rings is 1. The van der Waals surface area contributed by atoms with Gasteiger partial charge in [0.15, 0.2) is 0 Å². The maximum absolute atomic E-state index is 14.2. The molecule has 4 aromatic heterocycles. The van der Waals surface area contributed by atoms with Crippen LogP contribution in [0.2, 0.25) is 5.02 Å². The minimum absolute atomic E-state index is 0.00528. The molecule has 6 heterocycles. The SMILES string of the molecule is COc1c(Cl)ccc2c1CC[C@H]2Nc1nccc2cc(-c3c4c(nc(CCc5ccc(F)cc5)c3-c3n[nH]c(=O)o3)C3CCCN3C4=O)sc12. The van der Waals surface area contributed by atoms with Gasteiger partial charge in [-0.05, 0) is 85.4 Å². The number of carbonyl (C=O) groups is 1. The topological polar surface area (TPSA) is 126 Å². The summed E-state index contributed by atoms with van der Waals surface area (Å²) in [5.41, 5.74) is 6.22. The Labute approximate surface area is 294 Å². The molecule has 1 aliphatic carbocycles. The number of aromatic amines is 1. The molecular formula is C37H30ClFN6O4S. The van der Waals surface area contributed by atoms with Gasteiger partial charge in [-0.3, -0.25) is 9.78 Å². The number of benzene rings is 2. The highest BCUT2D eigenvalue weighted by atomic mass is 35.5. The lowest BCUT2D eigenvalue weighted by Crippen LogP contribution is -2.22. The number of nitrogens with zero attached hydrogens (tertiary/aromatic N) is 4. The Morgan fingerprint density at radius 1 is 1.10 bits per heavy atom. The van der Waals surface area contributed by atoms with Crippen molar-refractivity contribution in [1.29, 1.82) is 0 Å². The van der Waals surface area contributed by atoms with Crippen LogP contribution in [0.4, 0.5) is 10.2 Å². The average Bonchev–Trinajstić information content (AvgIpc) is 3.96. The van der Waals surface area contributed by atoms with Crippen molar-refractivity contribution in [3.63, 3.8) is 0 Å². The second kappa shape index (κ2) is 12.1. The number of amides is 1. The molecule has 0 spiro atoms. The summed E-state index contributed by atoms with van der Waals surface area (Å²) >= 11 is 7.95. The summed E-state index contributed by atoms with van der Waals surface area (Å²) in [7, 11) is 1.64. The molecule has 1 fully saturated rings. The van der Waals surface area contributed by atoms with E-state index in [-0.39, 0.29) is 29.7 Å². The van der Waals surface area contributed by atoms with Gasteiger partial charge >= 0.3 is 5.76 Å². The fraction of sp³-hybridized carbons (Fsp3) is 0.270. The first-order valence-corrected chi connectivity index (χ1v) is 17.8. The van der Waals surface area contributed by atoms with E-state index in [9.17, 15) is 14.0 Å². The number of nitrogens with one attached hydrogen (secondary N) is 2. The molecular weight excluding hydrogens is 679 g/mol. The predicted octanol–water partition coefficient (Wildman–Crippen LogP) is 7.68. The summed E-state index contributed by atoms with van der Waals surface area (Å²) in [6.45, 7) is 0.653. The molecule has 2 N–H and O–H groups in total. The van der Waals surface area contributed by atoms with Crippen molar-refractivity contribution in [3.05, 3.63) is 110 Å². The third-order valence-electron chi connectivity index (χ3n) is 10.1. The second-order valence-corrected chi connectivity index (χ2v) is 14.3. The highest BCUT2D eigenvalue weighted by molar-refractivity contribution is 7.23. The number of carbonyl (C=O) groups excluding carboxylic acids is 1. The Bertz CT molecular complexity index is 2390. The smallest absolute Gasteiger partial charge is 0.434 e. The first kappa shape index (κ1) is 30.9. The van der Waals surface area contributed by atoms with Gasteiger partial charge in [0.05, 0.1) is 51.4 Å². The third kappa shape index (κ3) is 4.99. The Balaban J connectivity index is 1.20. The monoisotopic (exact) mass is 708 g/mol. The van der Waals surface area contributed by atoms with Crippen molar-refractivity contribution in [1.82, 2.24) is 25.1 Å². The summed E-state index contributed by atoms with van der Waals surface area (Å²) < 4.78 is 25.9. The molecule has 0 bridgehead atoms. The largest absolute Gasteiger partial charge is 0.495 e. The minimum Gasteiger partial charge on any atom is -0.495 e. The van der Waals surface area contributed by atoms with E-state index in [1.165, 1.54) is 23.5 Å². The Morgan fingerprint density at radius 3 is 2.76 bits per heavy atom. The van der Waals surface area contributed by atoms with E-state index in [1.54, 1.807) is 25.4 Å². The van der Waals surface area contributed by atoms with Crippen LogP contribution in [0.3, 0.4) is 0 Å².